The molecule has 17 heavy (non-hydrogen) atoms. The Bertz CT molecular complexity index is 510. The van der Waals surface area contributed by atoms with Gasteiger partial charge in [0.1, 0.15) is 0 Å². The average molecular weight is 308 g/mol. The Morgan fingerprint density at radius 1 is 1.18 bits per heavy atom. The Hall–Kier alpha value is -0.640. The van der Waals surface area contributed by atoms with Gasteiger partial charge in [-0.2, -0.15) is 0 Å². The molecule has 1 aliphatic carbocycles. The molecule has 1 aliphatic rings. The lowest BCUT2D eigenvalue weighted by atomic mass is 9.96. The lowest BCUT2D eigenvalue weighted by Crippen LogP contribution is -2.21. The smallest absolute Gasteiger partial charge is 0.0436 e. The molecular weight excluding hydrogens is 294 g/mol. The lowest BCUT2D eigenvalue weighted by molar-refractivity contribution is 0.458. The summed E-state index contributed by atoms with van der Waals surface area (Å²) >= 11 is 5.33. The van der Waals surface area contributed by atoms with Crippen molar-refractivity contribution in [2.45, 2.75) is 18.9 Å². The van der Waals surface area contributed by atoms with Crippen molar-refractivity contribution in [2.75, 3.05) is 0 Å². The van der Waals surface area contributed by atoms with Crippen LogP contribution in [0.5, 0.6) is 0 Å². The summed E-state index contributed by atoms with van der Waals surface area (Å²) in [5.74, 6) is 0.544. The summed E-state index contributed by atoms with van der Waals surface area (Å²) in [6.45, 7) is 0. The zero-order valence-corrected chi connectivity index (χ0v) is 11.8. The predicted molar refractivity (Wildman–Crippen MR) is 76.3 cm³/mol. The summed E-state index contributed by atoms with van der Waals surface area (Å²) < 4.78 is 1.16. The van der Waals surface area contributed by atoms with Crippen LogP contribution in [0.1, 0.15) is 22.0 Å². The molecule has 2 N–H and O–H groups in total. The number of halogens is 1. The van der Waals surface area contributed by atoms with Crippen molar-refractivity contribution in [2.24, 2.45) is 11.7 Å². The Labute approximate surface area is 114 Å². The summed E-state index contributed by atoms with van der Waals surface area (Å²) in [6, 6.07) is 10.9. The average Bonchev–Trinajstić information content (AvgIpc) is 2.93. The van der Waals surface area contributed by atoms with Gasteiger partial charge in [0.2, 0.25) is 0 Å². The number of hydrogen-bond donors (Lipinski definition) is 1. The highest BCUT2D eigenvalue weighted by Gasteiger charge is 2.28. The van der Waals surface area contributed by atoms with E-state index in [1.807, 2.05) is 0 Å². The maximum absolute atomic E-state index is 6.41. The van der Waals surface area contributed by atoms with Crippen LogP contribution in [-0.4, -0.2) is 0 Å². The van der Waals surface area contributed by atoms with Gasteiger partial charge in [0.05, 0.1) is 0 Å². The second-order valence-electron chi connectivity index (χ2n) is 4.60. The monoisotopic (exact) mass is 307 g/mol. The van der Waals surface area contributed by atoms with Gasteiger partial charge in [-0.05, 0) is 57.3 Å². The molecule has 0 fully saturated rings. The van der Waals surface area contributed by atoms with Gasteiger partial charge in [0, 0.05) is 15.4 Å². The van der Waals surface area contributed by atoms with E-state index in [0.29, 0.717) is 5.92 Å². The van der Waals surface area contributed by atoms with E-state index in [1.165, 1.54) is 16.0 Å². The zero-order chi connectivity index (χ0) is 11.8. The topological polar surface area (TPSA) is 26.0 Å². The first kappa shape index (κ1) is 11.5. The fraction of sp³-hybridized carbons (Fsp3) is 0.286. The molecule has 88 valence electrons. The number of thiophene rings is 1. The number of hydrogen-bond acceptors (Lipinski definition) is 2. The normalized spacial score (nSPS) is 17.1. The Morgan fingerprint density at radius 2 is 1.82 bits per heavy atom. The van der Waals surface area contributed by atoms with Crippen molar-refractivity contribution in [3.8, 4) is 0 Å². The van der Waals surface area contributed by atoms with Crippen LogP contribution < -0.4 is 5.73 Å². The molecule has 1 heterocycles. The maximum atomic E-state index is 6.41. The maximum Gasteiger partial charge on any atom is 0.0436 e. The van der Waals surface area contributed by atoms with E-state index < -0.39 is 0 Å². The van der Waals surface area contributed by atoms with Gasteiger partial charge in [0.15, 0.2) is 0 Å². The van der Waals surface area contributed by atoms with Gasteiger partial charge in [-0.3, -0.25) is 0 Å². The molecular formula is C14H14BrNS. The summed E-state index contributed by atoms with van der Waals surface area (Å²) in [7, 11) is 0. The fourth-order valence-corrected chi connectivity index (χ4v) is 4.34. The third-order valence-corrected chi connectivity index (χ3v) is 5.51. The Kier molecular flexibility index (Phi) is 3.07. The van der Waals surface area contributed by atoms with Gasteiger partial charge in [0.25, 0.3) is 0 Å². The molecule has 0 aliphatic heterocycles. The zero-order valence-electron chi connectivity index (χ0n) is 9.40. The van der Waals surface area contributed by atoms with Crippen LogP contribution in [0.2, 0.25) is 0 Å². The molecule has 0 spiro atoms. The fourth-order valence-electron chi connectivity index (χ4n) is 2.60. The third-order valence-electron chi connectivity index (χ3n) is 3.54. The molecule has 0 amide bonds. The molecule has 0 bridgehead atoms. The van der Waals surface area contributed by atoms with Gasteiger partial charge in [-0.15, -0.1) is 11.3 Å². The summed E-state index contributed by atoms with van der Waals surface area (Å²) in [5, 5.41) is 2.10. The summed E-state index contributed by atoms with van der Waals surface area (Å²) in [4.78, 5) is 1.28. The number of benzene rings is 1. The highest BCUT2D eigenvalue weighted by atomic mass is 79.9. The largest absolute Gasteiger partial charge is 0.323 e. The first-order valence-electron chi connectivity index (χ1n) is 5.81. The van der Waals surface area contributed by atoms with Gasteiger partial charge < -0.3 is 5.73 Å². The molecule has 0 saturated heterocycles. The van der Waals surface area contributed by atoms with Gasteiger partial charge in [-0.1, -0.05) is 24.3 Å². The molecule has 0 radical (unpaired) electrons. The van der Waals surface area contributed by atoms with Crippen LogP contribution in [0, 0.1) is 5.92 Å². The van der Waals surface area contributed by atoms with Gasteiger partial charge >= 0.3 is 0 Å². The van der Waals surface area contributed by atoms with E-state index in [0.717, 1.165) is 17.3 Å². The molecule has 1 nitrogen and oxygen atoms in total. The van der Waals surface area contributed by atoms with Crippen LogP contribution in [-0.2, 0) is 12.8 Å². The highest BCUT2D eigenvalue weighted by molar-refractivity contribution is 9.10. The van der Waals surface area contributed by atoms with E-state index in [1.54, 1.807) is 11.3 Å². The van der Waals surface area contributed by atoms with Crippen LogP contribution in [0.3, 0.4) is 0 Å². The van der Waals surface area contributed by atoms with Crippen molar-refractivity contribution in [1.29, 1.82) is 0 Å². The van der Waals surface area contributed by atoms with E-state index in [9.17, 15) is 0 Å². The standard InChI is InChI=1S/C14H14BrNS/c15-12-5-6-17-14(12)13(16)11-7-9-3-1-2-4-10(9)8-11/h1-6,11,13H,7-8,16H2. The van der Waals surface area contributed by atoms with Crippen LogP contribution in [0.4, 0.5) is 0 Å². The van der Waals surface area contributed by atoms with Crippen LogP contribution in [0.25, 0.3) is 0 Å². The quantitative estimate of drug-likeness (QED) is 0.894. The van der Waals surface area contributed by atoms with Crippen molar-refractivity contribution >= 4 is 27.3 Å². The van der Waals surface area contributed by atoms with Crippen LogP contribution >= 0.6 is 27.3 Å². The molecule has 1 atom stereocenters. The molecule has 3 rings (SSSR count). The minimum absolute atomic E-state index is 0.150. The SMILES string of the molecule is NC(c1sccc1Br)C1Cc2ccccc2C1. The molecule has 1 unspecified atom stereocenters. The molecule has 2 aromatic rings. The summed E-state index contributed by atoms with van der Waals surface area (Å²) in [6.07, 6.45) is 2.23. The van der Waals surface area contributed by atoms with E-state index in [4.69, 9.17) is 5.73 Å². The molecule has 3 heteroatoms. The van der Waals surface area contributed by atoms with Gasteiger partial charge in [-0.25, -0.2) is 0 Å². The minimum Gasteiger partial charge on any atom is -0.323 e. The number of nitrogens with two attached hydrogens (primary N) is 1. The number of rotatable bonds is 2. The van der Waals surface area contributed by atoms with Crippen molar-refractivity contribution in [3.05, 3.63) is 56.2 Å². The Morgan fingerprint density at radius 3 is 2.35 bits per heavy atom. The van der Waals surface area contributed by atoms with E-state index >= 15 is 0 Å². The molecule has 1 aromatic carbocycles. The van der Waals surface area contributed by atoms with Crippen molar-refractivity contribution < 1.29 is 0 Å². The summed E-state index contributed by atoms with van der Waals surface area (Å²) in [5.41, 5.74) is 9.35. The second-order valence-corrected chi connectivity index (χ2v) is 6.40. The third kappa shape index (κ3) is 2.07. The van der Waals surface area contributed by atoms with Crippen molar-refractivity contribution in [1.82, 2.24) is 0 Å². The molecule has 1 aromatic heterocycles. The number of fused-ring (bicyclic) bond motifs is 1. The highest BCUT2D eigenvalue weighted by Crippen LogP contribution is 2.38. The first-order chi connectivity index (χ1) is 8.25. The molecule has 0 saturated carbocycles. The van der Waals surface area contributed by atoms with Crippen molar-refractivity contribution in [3.63, 3.8) is 0 Å². The van der Waals surface area contributed by atoms with Crippen LogP contribution in [0.15, 0.2) is 40.2 Å². The first-order valence-corrected chi connectivity index (χ1v) is 7.48. The Balaban J connectivity index is 1.83. The second kappa shape index (κ2) is 4.56. The lowest BCUT2D eigenvalue weighted by Gasteiger charge is -2.18. The van der Waals surface area contributed by atoms with E-state index in [-0.39, 0.29) is 6.04 Å². The van der Waals surface area contributed by atoms with E-state index in [2.05, 4.69) is 51.6 Å². The minimum atomic E-state index is 0.150. The predicted octanol–water partition coefficient (Wildman–Crippen LogP) is 3.93.